The molecule has 0 aliphatic rings. The van der Waals surface area contributed by atoms with E-state index in [-0.39, 0.29) is 0 Å². The Bertz CT molecular complexity index is 3320. The molecule has 270 valence electrons. The maximum atomic E-state index is 10.8. The first-order chi connectivity index (χ1) is 28.7. The van der Waals surface area contributed by atoms with Crippen LogP contribution >= 0.6 is 0 Å². The summed E-state index contributed by atoms with van der Waals surface area (Å²) in [5, 5.41) is 15.1. The predicted molar refractivity (Wildman–Crippen MR) is 236 cm³/mol. The van der Waals surface area contributed by atoms with Gasteiger partial charge in [0.05, 0.1) is 33.5 Å². The molecule has 0 N–H and O–H groups in total. The average Bonchev–Trinajstić information content (AvgIpc) is 3.85. The molecular weight excluding hydrogens is 709 g/mol. The number of nitriles is 1. The molecule has 11 rings (SSSR count). The van der Waals surface area contributed by atoms with Crippen LogP contribution in [0.25, 0.3) is 106 Å². The van der Waals surface area contributed by atoms with Gasteiger partial charge in [-0.2, -0.15) is 5.26 Å². The molecule has 0 spiro atoms. The highest BCUT2D eigenvalue weighted by molar-refractivity contribution is 6.24. The summed E-state index contributed by atoms with van der Waals surface area (Å²) < 4.78 is 9.07. The van der Waals surface area contributed by atoms with Gasteiger partial charge in [-0.15, -0.1) is 0 Å². The van der Waals surface area contributed by atoms with Gasteiger partial charge < -0.3 is 8.98 Å². The zero-order valence-electron chi connectivity index (χ0n) is 31.2. The van der Waals surface area contributed by atoms with E-state index in [4.69, 9.17) is 14.4 Å². The van der Waals surface area contributed by atoms with E-state index in [0.29, 0.717) is 22.8 Å². The number of hydrogen-bond acceptors (Lipinski definition) is 4. The summed E-state index contributed by atoms with van der Waals surface area (Å²) in [6, 6.07) is 69.0. The van der Waals surface area contributed by atoms with E-state index < -0.39 is 0 Å². The Morgan fingerprint density at radius 1 is 0.466 bits per heavy atom. The Labute approximate surface area is 334 Å². The van der Waals surface area contributed by atoms with Crippen LogP contribution in [0.3, 0.4) is 0 Å². The maximum Gasteiger partial charge on any atom is 0.161 e. The lowest BCUT2D eigenvalue weighted by Crippen LogP contribution is -2.05. The van der Waals surface area contributed by atoms with Crippen molar-refractivity contribution < 1.29 is 4.42 Å². The van der Waals surface area contributed by atoms with Crippen LogP contribution in [-0.2, 0) is 0 Å². The van der Waals surface area contributed by atoms with Crippen LogP contribution in [0.15, 0.2) is 199 Å². The van der Waals surface area contributed by atoms with Crippen molar-refractivity contribution in [3.63, 3.8) is 0 Å². The Morgan fingerprint density at radius 2 is 1.02 bits per heavy atom. The lowest BCUT2D eigenvalue weighted by Gasteiger charge is -2.21. The molecule has 0 radical (unpaired) electrons. The molecule has 0 atom stereocenters. The van der Waals surface area contributed by atoms with Crippen molar-refractivity contribution in [3.05, 3.63) is 200 Å². The molecule has 3 aromatic heterocycles. The van der Waals surface area contributed by atoms with E-state index in [9.17, 15) is 5.26 Å². The molecule has 0 aliphatic heterocycles. The fourth-order valence-corrected chi connectivity index (χ4v) is 8.48. The van der Waals surface area contributed by atoms with Gasteiger partial charge in [0.2, 0.25) is 0 Å². The minimum atomic E-state index is 0.430. The van der Waals surface area contributed by atoms with E-state index in [1.807, 2.05) is 84.9 Å². The quantitative estimate of drug-likeness (QED) is 0.170. The fourth-order valence-electron chi connectivity index (χ4n) is 8.48. The summed E-state index contributed by atoms with van der Waals surface area (Å²) in [6.07, 6.45) is 0. The third-order valence-corrected chi connectivity index (χ3v) is 11.1. The molecule has 5 nitrogen and oxygen atoms in total. The first-order valence-corrected chi connectivity index (χ1v) is 19.3. The van der Waals surface area contributed by atoms with Gasteiger partial charge in [-0.05, 0) is 53.1 Å². The molecule has 3 heterocycles. The predicted octanol–water partition coefficient (Wildman–Crippen LogP) is 13.7. The molecule has 0 bridgehead atoms. The van der Waals surface area contributed by atoms with Crippen molar-refractivity contribution in [1.29, 1.82) is 5.26 Å². The standard InChI is InChI=1S/C53H32N4O/c54-33-43-50(36-21-9-3-10-22-36)55-53(56-51(43)37-23-11-4-12-24-37)42-31-38(34-17-5-1-6-18-34)32-46(48(42)35-19-7-2-8-20-35)57-44-27-15-13-26-41(44)49-45(57)30-29-40-39-25-14-16-28-47(39)58-52(40)49/h1-32H. The number of nitrogens with zero attached hydrogens (tertiary/aromatic N) is 4. The minimum Gasteiger partial charge on any atom is -0.455 e. The number of aromatic nitrogens is 3. The van der Waals surface area contributed by atoms with Crippen LogP contribution < -0.4 is 0 Å². The summed E-state index contributed by atoms with van der Waals surface area (Å²) in [6.45, 7) is 0. The first-order valence-electron chi connectivity index (χ1n) is 19.3. The number of para-hydroxylation sites is 2. The topological polar surface area (TPSA) is 67.6 Å². The largest absolute Gasteiger partial charge is 0.455 e. The Balaban J connectivity index is 1.31. The smallest absolute Gasteiger partial charge is 0.161 e. The minimum absolute atomic E-state index is 0.430. The first kappa shape index (κ1) is 33.3. The third kappa shape index (κ3) is 5.31. The summed E-state index contributed by atoms with van der Waals surface area (Å²) in [5.41, 5.74) is 13.0. The second-order valence-corrected chi connectivity index (χ2v) is 14.4. The average molecular weight is 741 g/mol. The van der Waals surface area contributed by atoms with Gasteiger partial charge in [0.15, 0.2) is 5.82 Å². The van der Waals surface area contributed by atoms with Gasteiger partial charge in [-0.1, -0.05) is 158 Å². The van der Waals surface area contributed by atoms with Gasteiger partial charge in [0.25, 0.3) is 0 Å². The molecule has 11 aromatic rings. The molecule has 0 amide bonds. The van der Waals surface area contributed by atoms with E-state index in [1.54, 1.807) is 0 Å². The van der Waals surface area contributed by atoms with Gasteiger partial charge in [-0.3, -0.25) is 0 Å². The van der Waals surface area contributed by atoms with E-state index in [2.05, 4.69) is 120 Å². The molecule has 5 heteroatoms. The summed E-state index contributed by atoms with van der Waals surface area (Å²) in [4.78, 5) is 10.7. The normalized spacial score (nSPS) is 11.4. The van der Waals surface area contributed by atoms with Crippen molar-refractivity contribution in [2.24, 2.45) is 0 Å². The second-order valence-electron chi connectivity index (χ2n) is 14.4. The van der Waals surface area contributed by atoms with E-state index in [1.165, 1.54) is 0 Å². The van der Waals surface area contributed by atoms with Crippen molar-refractivity contribution in [2.45, 2.75) is 0 Å². The number of benzene rings is 8. The van der Waals surface area contributed by atoms with Crippen molar-refractivity contribution in [3.8, 4) is 67.9 Å². The molecule has 0 aliphatic carbocycles. The molecule has 0 saturated carbocycles. The highest BCUT2D eigenvalue weighted by Crippen LogP contribution is 2.46. The maximum absolute atomic E-state index is 10.8. The number of fused-ring (bicyclic) bond motifs is 7. The Morgan fingerprint density at radius 3 is 1.66 bits per heavy atom. The zero-order valence-corrected chi connectivity index (χ0v) is 31.2. The summed E-state index contributed by atoms with van der Waals surface area (Å²) in [5.74, 6) is 0.523. The van der Waals surface area contributed by atoms with Crippen molar-refractivity contribution in [1.82, 2.24) is 14.5 Å². The van der Waals surface area contributed by atoms with Crippen LogP contribution in [0.5, 0.6) is 0 Å². The Kier molecular flexibility index (Phi) is 7.80. The zero-order chi connectivity index (χ0) is 38.6. The van der Waals surface area contributed by atoms with Crippen LogP contribution in [0.2, 0.25) is 0 Å². The van der Waals surface area contributed by atoms with E-state index in [0.717, 1.165) is 88.4 Å². The van der Waals surface area contributed by atoms with Crippen LogP contribution in [0.4, 0.5) is 0 Å². The fraction of sp³-hybridized carbons (Fsp3) is 0. The molecule has 0 saturated heterocycles. The van der Waals surface area contributed by atoms with Crippen molar-refractivity contribution >= 4 is 43.7 Å². The molecule has 0 fully saturated rings. The van der Waals surface area contributed by atoms with Crippen LogP contribution in [-0.4, -0.2) is 14.5 Å². The molecular formula is C53H32N4O. The monoisotopic (exact) mass is 740 g/mol. The highest BCUT2D eigenvalue weighted by atomic mass is 16.3. The molecule has 58 heavy (non-hydrogen) atoms. The van der Waals surface area contributed by atoms with Crippen LogP contribution in [0, 0.1) is 11.3 Å². The highest BCUT2D eigenvalue weighted by Gasteiger charge is 2.26. The van der Waals surface area contributed by atoms with Gasteiger partial charge in [-0.25, -0.2) is 9.97 Å². The SMILES string of the molecule is N#Cc1c(-c2ccccc2)nc(-c2cc(-c3ccccc3)cc(-n3c4ccccc4c4c5oc6ccccc6c5ccc43)c2-c2ccccc2)nc1-c1ccccc1. The van der Waals surface area contributed by atoms with E-state index >= 15 is 0 Å². The summed E-state index contributed by atoms with van der Waals surface area (Å²) >= 11 is 0. The lowest BCUT2D eigenvalue weighted by atomic mass is 9.91. The molecule has 8 aromatic carbocycles. The van der Waals surface area contributed by atoms with Gasteiger partial charge in [0, 0.05) is 38.4 Å². The number of furan rings is 1. The number of rotatable bonds is 6. The van der Waals surface area contributed by atoms with Gasteiger partial charge in [0.1, 0.15) is 22.8 Å². The van der Waals surface area contributed by atoms with Gasteiger partial charge >= 0.3 is 0 Å². The van der Waals surface area contributed by atoms with Crippen molar-refractivity contribution in [2.75, 3.05) is 0 Å². The molecule has 0 unspecified atom stereocenters. The Hall–Kier alpha value is -8.07. The summed E-state index contributed by atoms with van der Waals surface area (Å²) in [7, 11) is 0. The van der Waals surface area contributed by atoms with Crippen LogP contribution in [0.1, 0.15) is 5.56 Å². The third-order valence-electron chi connectivity index (χ3n) is 11.1. The number of hydrogen-bond donors (Lipinski definition) is 0. The lowest BCUT2D eigenvalue weighted by molar-refractivity contribution is 0.673. The second kappa shape index (κ2) is 13.6.